The molecule has 0 saturated carbocycles. The minimum atomic E-state index is -2.99. The number of nitrogens with zero attached hydrogens (tertiary/aromatic N) is 2. The smallest absolute Gasteiger partial charge is 0.407 e. The van der Waals surface area contributed by atoms with Crippen molar-refractivity contribution in [1.82, 2.24) is 15.1 Å². The molecule has 0 aromatic carbocycles. The SMILES string of the molecule is CC(C)(C)OC(=O)N[C@@H](CC(=O)N1CCC[C@H]1CO)CN1CC(F)(F)CCC1=O. The quantitative estimate of drug-likeness (QED) is 0.680. The highest BCUT2D eigenvalue weighted by atomic mass is 19.3. The molecule has 2 saturated heterocycles. The molecule has 8 nitrogen and oxygen atoms in total. The van der Waals surface area contributed by atoms with Crippen molar-refractivity contribution in [2.75, 3.05) is 26.2 Å². The topological polar surface area (TPSA) is 99.2 Å². The molecule has 0 aromatic rings. The number of hydrogen-bond donors (Lipinski definition) is 2. The van der Waals surface area contributed by atoms with E-state index < -0.39 is 42.5 Å². The van der Waals surface area contributed by atoms with Crippen molar-refractivity contribution in [2.45, 2.75) is 76.5 Å². The van der Waals surface area contributed by atoms with Gasteiger partial charge >= 0.3 is 6.09 Å². The highest BCUT2D eigenvalue weighted by Crippen LogP contribution is 2.27. The molecular weight excluding hydrogens is 388 g/mol. The number of piperidine rings is 1. The summed E-state index contributed by atoms with van der Waals surface area (Å²) in [6.45, 7) is 4.41. The second kappa shape index (κ2) is 9.23. The number of halogens is 2. The lowest BCUT2D eigenvalue weighted by molar-refractivity contribution is -0.148. The monoisotopic (exact) mass is 419 g/mol. The van der Waals surface area contributed by atoms with E-state index in [1.807, 2.05) is 0 Å². The molecule has 0 unspecified atom stereocenters. The third-order valence-electron chi connectivity index (χ3n) is 4.97. The second-order valence-corrected chi connectivity index (χ2v) is 8.74. The summed E-state index contributed by atoms with van der Waals surface area (Å²) in [5.74, 6) is -3.74. The Balaban J connectivity index is 2.09. The first-order chi connectivity index (χ1) is 13.4. The van der Waals surface area contributed by atoms with Crippen LogP contribution >= 0.6 is 0 Å². The van der Waals surface area contributed by atoms with Crippen LogP contribution in [0, 0.1) is 0 Å². The normalized spacial score (nSPS) is 23.1. The molecule has 3 amide bonds. The van der Waals surface area contributed by atoms with Gasteiger partial charge in [-0.1, -0.05) is 0 Å². The van der Waals surface area contributed by atoms with E-state index in [1.54, 1.807) is 20.8 Å². The number of rotatable bonds is 6. The molecule has 29 heavy (non-hydrogen) atoms. The fraction of sp³-hybridized carbons (Fsp3) is 0.842. The largest absolute Gasteiger partial charge is 0.444 e. The highest BCUT2D eigenvalue weighted by Gasteiger charge is 2.40. The third-order valence-corrected chi connectivity index (χ3v) is 4.97. The lowest BCUT2D eigenvalue weighted by Crippen LogP contribution is -2.54. The first-order valence-electron chi connectivity index (χ1n) is 9.95. The van der Waals surface area contributed by atoms with Gasteiger partial charge in [-0.2, -0.15) is 0 Å². The van der Waals surface area contributed by atoms with Gasteiger partial charge in [-0.15, -0.1) is 0 Å². The number of carbonyl (C=O) groups is 3. The number of ether oxygens (including phenoxy) is 1. The number of alkyl carbamates (subject to hydrolysis) is 1. The molecule has 2 atom stereocenters. The van der Waals surface area contributed by atoms with Gasteiger partial charge < -0.3 is 25.0 Å². The second-order valence-electron chi connectivity index (χ2n) is 8.74. The van der Waals surface area contributed by atoms with E-state index in [1.165, 1.54) is 4.90 Å². The molecule has 0 bridgehead atoms. The highest BCUT2D eigenvalue weighted by molar-refractivity contribution is 5.80. The fourth-order valence-corrected chi connectivity index (χ4v) is 3.64. The van der Waals surface area contributed by atoms with Crippen molar-refractivity contribution in [3.8, 4) is 0 Å². The van der Waals surface area contributed by atoms with Gasteiger partial charge in [-0.3, -0.25) is 9.59 Å². The zero-order chi connectivity index (χ0) is 21.8. The van der Waals surface area contributed by atoms with Gasteiger partial charge in [0.15, 0.2) is 0 Å². The third kappa shape index (κ3) is 7.09. The Morgan fingerprint density at radius 3 is 2.69 bits per heavy atom. The first kappa shape index (κ1) is 23.3. The van der Waals surface area contributed by atoms with E-state index in [2.05, 4.69) is 5.32 Å². The summed E-state index contributed by atoms with van der Waals surface area (Å²) in [7, 11) is 0. The van der Waals surface area contributed by atoms with Crippen molar-refractivity contribution < 1.29 is 33.0 Å². The Morgan fingerprint density at radius 1 is 1.38 bits per heavy atom. The van der Waals surface area contributed by atoms with Crippen LogP contribution in [-0.4, -0.2) is 82.7 Å². The number of aliphatic hydroxyl groups excluding tert-OH is 1. The Kier molecular flexibility index (Phi) is 7.42. The van der Waals surface area contributed by atoms with Crippen LogP contribution in [0.2, 0.25) is 0 Å². The summed E-state index contributed by atoms with van der Waals surface area (Å²) in [5.41, 5.74) is -0.774. The minimum Gasteiger partial charge on any atom is -0.444 e. The van der Waals surface area contributed by atoms with Gasteiger partial charge in [0.25, 0.3) is 5.92 Å². The molecule has 2 rings (SSSR count). The van der Waals surface area contributed by atoms with Crippen LogP contribution in [0.15, 0.2) is 0 Å². The number of amides is 3. The molecule has 0 aliphatic carbocycles. The maximum atomic E-state index is 13.8. The minimum absolute atomic E-state index is 0.160. The van der Waals surface area contributed by atoms with E-state index in [0.717, 1.165) is 11.3 Å². The van der Waals surface area contributed by atoms with Crippen LogP contribution in [0.3, 0.4) is 0 Å². The molecule has 0 aromatic heterocycles. The molecule has 166 valence electrons. The molecule has 0 spiro atoms. The number of nitrogens with one attached hydrogen (secondary N) is 1. The summed E-state index contributed by atoms with van der Waals surface area (Å²) in [6, 6.07) is -1.17. The van der Waals surface area contributed by atoms with Gasteiger partial charge in [0.05, 0.1) is 25.2 Å². The van der Waals surface area contributed by atoms with Crippen molar-refractivity contribution in [2.24, 2.45) is 0 Å². The summed E-state index contributed by atoms with van der Waals surface area (Å²) in [6.07, 6.45) is -0.297. The molecule has 10 heteroatoms. The lowest BCUT2D eigenvalue weighted by atomic mass is 10.0. The maximum Gasteiger partial charge on any atom is 0.407 e. The lowest BCUT2D eigenvalue weighted by Gasteiger charge is -2.35. The summed E-state index contributed by atoms with van der Waals surface area (Å²) >= 11 is 0. The van der Waals surface area contributed by atoms with Crippen molar-refractivity contribution in [3.63, 3.8) is 0 Å². The molecule has 2 heterocycles. The Hall–Kier alpha value is -1.97. The van der Waals surface area contributed by atoms with Crippen LogP contribution in [-0.2, 0) is 14.3 Å². The zero-order valence-corrected chi connectivity index (χ0v) is 17.2. The molecule has 2 aliphatic rings. The van der Waals surface area contributed by atoms with Gasteiger partial charge in [0.2, 0.25) is 11.8 Å². The Morgan fingerprint density at radius 2 is 2.07 bits per heavy atom. The number of alkyl halides is 2. The number of aliphatic hydroxyl groups is 1. The Bertz CT molecular complexity index is 623. The average Bonchev–Trinajstić information content (AvgIpc) is 3.05. The van der Waals surface area contributed by atoms with Crippen LogP contribution in [0.1, 0.15) is 52.9 Å². The first-order valence-corrected chi connectivity index (χ1v) is 9.95. The molecule has 2 fully saturated rings. The predicted octanol–water partition coefficient (Wildman–Crippen LogP) is 1.51. The molecule has 2 aliphatic heterocycles. The summed E-state index contributed by atoms with van der Waals surface area (Å²) in [4.78, 5) is 39.5. The summed E-state index contributed by atoms with van der Waals surface area (Å²) in [5, 5.41) is 12.0. The van der Waals surface area contributed by atoms with E-state index in [9.17, 15) is 28.3 Å². The van der Waals surface area contributed by atoms with Crippen LogP contribution < -0.4 is 5.32 Å². The number of hydrogen-bond acceptors (Lipinski definition) is 5. The van der Waals surface area contributed by atoms with Crippen LogP contribution in [0.4, 0.5) is 13.6 Å². The molecule has 2 N–H and O–H groups in total. The van der Waals surface area contributed by atoms with Gasteiger partial charge in [0, 0.05) is 32.4 Å². The van der Waals surface area contributed by atoms with Crippen molar-refractivity contribution in [1.29, 1.82) is 0 Å². The van der Waals surface area contributed by atoms with Gasteiger partial charge in [0.1, 0.15) is 5.60 Å². The van der Waals surface area contributed by atoms with Gasteiger partial charge in [-0.05, 0) is 33.6 Å². The van der Waals surface area contributed by atoms with Crippen molar-refractivity contribution in [3.05, 3.63) is 0 Å². The standard InChI is InChI=1S/C19H31F2N3O5/c1-18(2,3)29-17(28)22-13(9-16(27)24-8-4-5-14(24)11-25)10-23-12-19(20,21)7-6-15(23)26/h13-14,25H,4-12H2,1-3H3,(H,22,28)/t13-,14-/m0/s1. The van der Waals surface area contributed by atoms with E-state index in [4.69, 9.17) is 4.74 Å². The van der Waals surface area contributed by atoms with E-state index >= 15 is 0 Å². The number of carbonyl (C=O) groups excluding carboxylic acids is 3. The van der Waals surface area contributed by atoms with Crippen molar-refractivity contribution >= 4 is 17.9 Å². The van der Waals surface area contributed by atoms with E-state index in [-0.39, 0.29) is 37.9 Å². The zero-order valence-electron chi connectivity index (χ0n) is 17.2. The fourth-order valence-electron chi connectivity index (χ4n) is 3.64. The average molecular weight is 419 g/mol. The van der Waals surface area contributed by atoms with Crippen LogP contribution in [0.25, 0.3) is 0 Å². The van der Waals surface area contributed by atoms with Gasteiger partial charge in [-0.25, -0.2) is 13.6 Å². The Labute approximate surface area is 169 Å². The molecular formula is C19H31F2N3O5. The predicted molar refractivity (Wildman–Crippen MR) is 100 cm³/mol. The number of likely N-dealkylation sites (tertiary alicyclic amines) is 2. The molecule has 0 radical (unpaired) electrons. The van der Waals surface area contributed by atoms with Crippen LogP contribution in [0.5, 0.6) is 0 Å². The maximum absolute atomic E-state index is 13.8. The van der Waals surface area contributed by atoms with E-state index in [0.29, 0.717) is 13.0 Å². The summed E-state index contributed by atoms with van der Waals surface area (Å²) < 4.78 is 32.7.